The van der Waals surface area contributed by atoms with E-state index >= 15 is 0 Å². The lowest BCUT2D eigenvalue weighted by Crippen LogP contribution is -2.16. The molecule has 0 heterocycles. The first-order valence-electron chi connectivity index (χ1n) is 2.44. The molecule has 0 fully saturated rings. The van der Waals surface area contributed by atoms with Crippen LogP contribution in [0.2, 0.25) is 0 Å². The third kappa shape index (κ3) is 2.46. The molecule has 0 aromatic rings. The molecule has 0 N–H and O–H groups in total. The maximum Gasteiger partial charge on any atom is 0.346 e. The standard InChI is InChI=1S/C4H7NO3S/c1-2-3(5-7)4(6)8-9/h3,9H,2H2,1H3. The highest BCUT2D eigenvalue weighted by Gasteiger charge is 2.16. The zero-order valence-electron chi connectivity index (χ0n) is 4.90. The molecule has 0 saturated carbocycles. The average Bonchev–Trinajstić information content (AvgIpc) is 1.90. The summed E-state index contributed by atoms with van der Waals surface area (Å²) in [7, 11) is 0. The molecule has 1 atom stereocenters. The summed E-state index contributed by atoms with van der Waals surface area (Å²) in [6, 6.07) is -0.900. The summed E-state index contributed by atoms with van der Waals surface area (Å²) in [4.78, 5) is 20.1. The molecular formula is C4H7NO3S. The van der Waals surface area contributed by atoms with Crippen LogP contribution >= 0.6 is 12.9 Å². The summed E-state index contributed by atoms with van der Waals surface area (Å²) in [6.07, 6.45) is 0.350. The van der Waals surface area contributed by atoms with Gasteiger partial charge < -0.3 is 4.18 Å². The Morgan fingerprint density at radius 3 is 2.56 bits per heavy atom. The molecule has 0 aliphatic rings. The number of carbonyl (C=O) groups excluding carboxylic acids is 1. The van der Waals surface area contributed by atoms with Crippen LogP contribution in [-0.2, 0) is 8.98 Å². The van der Waals surface area contributed by atoms with Crippen molar-refractivity contribution in [2.45, 2.75) is 19.4 Å². The van der Waals surface area contributed by atoms with Gasteiger partial charge in [0.25, 0.3) is 0 Å². The van der Waals surface area contributed by atoms with E-state index in [0.29, 0.717) is 6.42 Å². The summed E-state index contributed by atoms with van der Waals surface area (Å²) >= 11 is 3.21. The van der Waals surface area contributed by atoms with Gasteiger partial charge in [0.05, 0.1) is 0 Å². The molecule has 0 radical (unpaired) electrons. The molecule has 0 aromatic heterocycles. The van der Waals surface area contributed by atoms with Gasteiger partial charge in [0.2, 0.25) is 0 Å². The molecule has 0 rings (SSSR count). The first-order valence-corrected chi connectivity index (χ1v) is 2.80. The maximum atomic E-state index is 10.4. The van der Waals surface area contributed by atoms with Crippen LogP contribution in [0.25, 0.3) is 0 Å². The van der Waals surface area contributed by atoms with Crippen molar-refractivity contribution in [1.82, 2.24) is 0 Å². The van der Waals surface area contributed by atoms with Crippen molar-refractivity contribution in [2.24, 2.45) is 5.18 Å². The monoisotopic (exact) mass is 149 g/mol. The lowest BCUT2D eigenvalue weighted by atomic mass is 10.2. The van der Waals surface area contributed by atoms with Gasteiger partial charge in [-0.1, -0.05) is 12.1 Å². The predicted molar refractivity (Wildman–Crippen MR) is 35.0 cm³/mol. The summed E-state index contributed by atoms with van der Waals surface area (Å²) in [5.41, 5.74) is 0. The molecule has 1 unspecified atom stereocenters. The van der Waals surface area contributed by atoms with Gasteiger partial charge in [-0.25, -0.2) is 4.79 Å². The van der Waals surface area contributed by atoms with Crippen molar-refractivity contribution >= 4 is 18.9 Å². The van der Waals surface area contributed by atoms with Crippen LogP contribution in [0.4, 0.5) is 0 Å². The fourth-order valence-electron chi connectivity index (χ4n) is 0.345. The van der Waals surface area contributed by atoms with Crippen LogP contribution in [0.5, 0.6) is 0 Å². The van der Waals surface area contributed by atoms with Gasteiger partial charge in [-0.05, 0) is 6.42 Å². The van der Waals surface area contributed by atoms with Gasteiger partial charge in [-0.15, -0.1) is 4.91 Å². The molecule has 0 spiro atoms. The van der Waals surface area contributed by atoms with Crippen molar-refractivity contribution in [2.75, 3.05) is 0 Å². The third-order valence-electron chi connectivity index (χ3n) is 0.876. The van der Waals surface area contributed by atoms with Crippen molar-refractivity contribution in [3.8, 4) is 0 Å². The Balaban J connectivity index is 3.78. The van der Waals surface area contributed by atoms with E-state index in [-0.39, 0.29) is 0 Å². The second kappa shape index (κ2) is 4.31. The maximum absolute atomic E-state index is 10.4. The van der Waals surface area contributed by atoms with Crippen LogP contribution in [0.15, 0.2) is 5.18 Å². The fraction of sp³-hybridized carbons (Fsp3) is 0.750. The number of hydrogen-bond donors (Lipinski definition) is 1. The topological polar surface area (TPSA) is 55.7 Å². The highest BCUT2D eigenvalue weighted by Crippen LogP contribution is 2.00. The lowest BCUT2D eigenvalue weighted by Gasteiger charge is -1.98. The van der Waals surface area contributed by atoms with Crippen molar-refractivity contribution in [3.05, 3.63) is 4.91 Å². The second-order valence-corrected chi connectivity index (χ2v) is 1.62. The molecule has 0 saturated heterocycles. The summed E-state index contributed by atoms with van der Waals surface area (Å²) in [5, 5.41) is 2.50. The summed E-state index contributed by atoms with van der Waals surface area (Å²) in [5.74, 6) is -0.698. The number of nitroso groups, excluding NO2 is 1. The van der Waals surface area contributed by atoms with Crippen molar-refractivity contribution < 1.29 is 8.98 Å². The van der Waals surface area contributed by atoms with Gasteiger partial charge >= 0.3 is 5.97 Å². The molecule has 0 aliphatic carbocycles. The molecular weight excluding hydrogens is 142 g/mol. The number of nitrogens with zero attached hydrogens (tertiary/aromatic N) is 1. The van der Waals surface area contributed by atoms with Crippen LogP contribution in [0, 0.1) is 4.91 Å². The SMILES string of the molecule is CCC(N=O)C(=O)OS. The smallest absolute Gasteiger partial charge is 0.346 e. The minimum atomic E-state index is -0.900. The largest absolute Gasteiger partial charge is 0.393 e. The highest BCUT2D eigenvalue weighted by atomic mass is 32.1. The number of thiol groups is 1. The van der Waals surface area contributed by atoms with Gasteiger partial charge in [0.15, 0.2) is 6.04 Å². The van der Waals surface area contributed by atoms with Crippen molar-refractivity contribution in [3.63, 3.8) is 0 Å². The average molecular weight is 149 g/mol. The van der Waals surface area contributed by atoms with Crippen LogP contribution in [0.3, 0.4) is 0 Å². The lowest BCUT2D eigenvalue weighted by molar-refractivity contribution is -0.134. The van der Waals surface area contributed by atoms with Gasteiger partial charge in [0.1, 0.15) is 0 Å². The number of rotatable bonds is 3. The molecule has 9 heavy (non-hydrogen) atoms. The van der Waals surface area contributed by atoms with Gasteiger partial charge in [-0.3, -0.25) is 0 Å². The van der Waals surface area contributed by atoms with E-state index in [4.69, 9.17) is 0 Å². The number of carbonyl (C=O) groups is 1. The Labute approximate surface area is 58.2 Å². The Hall–Kier alpha value is -0.580. The zero-order chi connectivity index (χ0) is 7.28. The van der Waals surface area contributed by atoms with Crippen LogP contribution in [-0.4, -0.2) is 12.0 Å². The quantitative estimate of drug-likeness (QED) is 0.369. The van der Waals surface area contributed by atoms with E-state index in [1.807, 2.05) is 0 Å². The van der Waals surface area contributed by atoms with Gasteiger partial charge in [-0.2, -0.15) is 0 Å². The molecule has 0 aromatic carbocycles. The summed E-state index contributed by atoms with van der Waals surface area (Å²) in [6.45, 7) is 1.66. The molecule has 52 valence electrons. The highest BCUT2D eigenvalue weighted by molar-refractivity contribution is 7.75. The van der Waals surface area contributed by atoms with Crippen molar-refractivity contribution in [1.29, 1.82) is 0 Å². The van der Waals surface area contributed by atoms with E-state index in [9.17, 15) is 9.70 Å². The van der Waals surface area contributed by atoms with E-state index in [0.717, 1.165) is 0 Å². The van der Waals surface area contributed by atoms with Gasteiger partial charge in [0, 0.05) is 12.9 Å². The first kappa shape index (κ1) is 8.42. The van der Waals surface area contributed by atoms with E-state index in [2.05, 4.69) is 22.3 Å². The zero-order valence-corrected chi connectivity index (χ0v) is 5.80. The minimum Gasteiger partial charge on any atom is -0.393 e. The molecule has 5 heteroatoms. The fourth-order valence-corrected chi connectivity index (χ4v) is 0.467. The Kier molecular flexibility index (Phi) is 4.04. The van der Waals surface area contributed by atoms with E-state index < -0.39 is 12.0 Å². The predicted octanol–water partition coefficient (Wildman–Crippen LogP) is 0.919. The normalized spacial score (nSPS) is 12.2. The molecule has 0 bridgehead atoms. The first-order chi connectivity index (χ1) is 4.26. The molecule has 0 amide bonds. The molecule has 0 aliphatic heterocycles. The van der Waals surface area contributed by atoms with E-state index in [1.165, 1.54) is 0 Å². The number of hydrogen-bond acceptors (Lipinski definition) is 5. The Morgan fingerprint density at radius 2 is 2.44 bits per heavy atom. The minimum absolute atomic E-state index is 0.350. The second-order valence-electron chi connectivity index (χ2n) is 1.44. The van der Waals surface area contributed by atoms with Crippen LogP contribution in [0.1, 0.15) is 13.3 Å². The Morgan fingerprint density at radius 1 is 1.89 bits per heavy atom. The van der Waals surface area contributed by atoms with E-state index in [1.54, 1.807) is 6.92 Å². The molecule has 4 nitrogen and oxygen atoms in total. The Bertz CT molecular complexity index is 116. The third-order valence-corrected chi connectivity index (χ3v) is 1.06. The van der Waals surface area contributed by atoms with Crippen LogP contribution < -0.4 is 0 Å². The summed E-state index contributed by atoms with van der Waals surface area (Å²) < 4.78 is 3.96.